The Morgan fingerprint density at radius 1 is 1.29 bits per heavy atom. The molecule has 0 aromatic carbocycles. The van der Waals surface area contributed by atoms with E-state index in [4.69, 9.17) is 15.7 Å². The molecule has 2 heterocycles. The van der Waals surface area contributed by atoms with Gasteiger partial charge in [-0.25, -0.2) is 9.78 Å². The van der Waals surface area contributed by atoms with E-state index in [0.29, 0.717) is 5.06 Å². The number of amides is 2. The van der Waals surface area contributed by atoms with Crippen LogP contribution in [-0.2, 0) is 33.9 Å². The number of anilines is 1. The number of thiazole rings is 1. The fourth-order valence-electron chi connectivity index (χ4n) is 4.43. The number of aromatic nitrogens is 1. The minimum Gasteiger partial charge on any atom is -0.479 e. The summed E-state index contributed by atoms with van der Waals surface area (Å²) >= 11 is 0.988. The Kier molecular flexibility index (Phi) is 7.62. The standard InChI is InChI=1S/C12H21B6N5O9S2/c13-11(14,15)10(12(16,17)18)6(8(27)23(10)32-34(28,29)30)21-7(26)5(22-31-1-4(24)25)3-2-33-9(19)20-3/h2,6H,1,13-18H2,(H2,19,20)(H,21,26)(H,24,25)(H,28,29,30)/b22-5-/t6-/m1/s1. The van der Waals surface area contributed by atoms with Gasteiger partial charge in [0, 0.05) is 5.38 Å². The fraction of sp³-hybridized carbons (Fsp3) is 0.417. The van der Waals surface area contributed by atoms with E-state index in [2.05, 4.69) is 19.7 Å². The predicted octanol–water partition coefficient (Wildman–Crippen LogP) is -7.72. The summed E-state index contributed by atoms with van der Waals surface area (Å²) in [5.74, 6) is -3.24. The van der Waals surface area contributed by atoms with Crippen molar-refractivity contribution >= 4 is 97.4 Å². The number of hydroxylamine groups is 2. The topological polar surface area (TPSA) is 211 Å². The summed E-state index contributed by atoms with van der Waals surface area (Å²) in [6, 6.07) is -1.33. The van der Waals surface area contributed by atoms with E-state index in [9.17, 15) is 27.4 Å². The third kappa shape index (κ3) is 5.29. The molecule has 34 heavy (non-hydrogen) atoms. The summed E-state index contributed by atoms with van der Waals surface area (Å²) in [6.07, 6.45) is 0. The number of hydrogen-bond donors (Lipinski definition) is 4. The Hall–Kier alpha value is -2.43. The number of hydrogen-bond acceptors (Lipinski definition) is 11. The molecule has 0 unspecified atom stereocenters. The first-order chi connectivity index (χ1) is 15.3. The number of carbonyl (C=O) groups is 3. The predicted molar refractivity (Wildman–Crippen MR) is 137 cm³/mol. The Balaban J connectivity index is 2.53. The maximum absolute atomic E-state index is 13.2. The molecule has 0 spiro atoms. The highest BCUT2D eigenvalue weighted by atomic mass is 32.3. The molecule has 0 aliphatic carbocycles. The van der Waals surface area contributed by atoms with Crippen LogP contribution in [0.2, 0.25) is 10.2 Å². The van der Waals surface area contributed by atoms with Crippen LogP contribution in [0.3, 0.4) is 0 Å². The third-order valence-electron chi connectivity index (χ3n) is 5.24. The smallest absolute Gasteiger partial charge is 0.418 e. The monoisotopic (exact) mass is 509 g/mol. The maximum Gasteiger partial charge on any atom is 0.418 e. The molecule has 1 fully saturated rings. The lowest BCUT2D eigenvalue weighted by Crippen LogP contribution is -2.87. The number of carboxylic acid groups (broad SMARTS) is 1. The number of nitrogens with two attached hydrogens (primary N) is 1. The van der Waals surface area contributed by atoms with Crippen LogP contribution in [0.15, 0.2) is 10.5 Å². The molecule has 1 atom stereocenters. The second kappa shape index (κ2) is 9.31. The van der Waals surface area contributed by atoms with Crippen molar-refractivity contribution in [1.82, 2.24) is 15.4 Å². The zero-order valence-corrected chi connectivity index (χ0v) is 21.0. The fourth-order valence-corrected chi connectivity index (χ4v) is 5.36. The van der Waals surface area contributed by atoms with Crippen LogP contribution in [0.5, 0.6) is 0 Å². The van der Waals surface area contributed by atoms with Crippen LogP contribution in [0.4, 0.5) is 5.13 Å². The summed E-state index contributed by atoms with van der Waals surface area (Å²) in [4.78, 5) is 45.6. The summed E-state index contributed by atoms with van der Waals surface area (Å²) in [5.41, 5.74) is 3.66. The molecule has 22 heteroatoms. The molecular weight excluding hydrogens is 487 g/mol. The highest BCUT2D eigenvalue weighted by Gasteiger charge is 2.72. The minimum atomic E-state index is -5.07. The molecule has 0 radical (unpaired) electrons. The molecule has 1 aromatic heterocycles. The zero-order valence-electron chi connectivity index (χ0n) is 19.3. The second-order valence-corrected chi connectivity index (χ2v) is 11.4. The van der Waals surface area contributed by atoms with Crippen molar-refractivity contribution < 1.29 is 41.6 Å². The van der Waals surface area contributed by atoms with Gasteiger partial charge in [0.1, 0.15) is 11.7 Å². The number of carbonyl (C=O) groups excluding carboxylic acids is 2. The van der Waals surface area contributed by atoms with E-state index < -0.39 is 62.3 Å². The molecule has 0 saturated carbocycles. The molecule has 1 aliphatic rings. The SMILES string of the molecule is BC(B)(B)C1(C(B)(B)B)[C@H](NC(=O)/C(=N\OCC(=O)O)c2csc(N)n2)C(=O)N1OS(=O)(=O)O. The summed E-state index contributed by atoms with van der Waals surface area (Å²) in [6.45, 7) is -0.845. The average Bonchev–Trinajstić information content (AvgIpc) is 3.06. The van der Waals surface area contributed by atoms with Crippen LogP contribution in [-0.4, -0.2) is 117 Å². The zero-order chi connectivity index (χ0) is 26.3. The molecule has 178 valence electrons. The van der Waals surface area contributed by atoms with Crippen LogP contribution in [0, 0.1) is 0 Å². The van der Waals surface area contributed by atoms with Gasteiger partial charge in [0.05, 0.1) is 52.6 Å². The molecule has 2 amide bonds. The number of nitrogens with zero attached hydrogens (tertiary/aromatic N) is 3. The lowest BCUT2D eigenvalue weighted by Gasteiger charge is -2.67. The lowest BCUT2D eigenvalue weighted by molar-refractivity contribution is -0.226. The summed E-state index contributed by atoms with van der Waals surface area (Å²) in [5, 5.41) is 15.1. The Labute approximate surface area is 204 Å². The number of rotatable bonds is 10. The number of oxime groups is 1. The first-order valence-electron chi connectivity index (χ1n) is 9.78. The van der Waals surface area contributed by atoms with Gasteiger partial charge < -0.3 is 21.0 Å². The minimum absolute atomic E-state index is 0.0275. The molecule has 5 N–H and O–H groups in total. The van der Waals surface area contributed by atoms with Crippen molar-refractivity contribution in [2.45, 2.75) is 21.8 Å². The van der Waals surface area contributed by atoms with Gasteiger partial charge in [-0.1, -0.05) is 15.4 Å². The first kappa shape index (κ1) is 27.8. The molecule has 1 aliphatic heterocycles. The highest BCUT2D eigenvalue weighted by Crippen LogP contribution is 2.56. The number of carboxylic acids is 1. The van der Waals surface area contributed by atoms with E-state index in [0.717, 1.165) is 11.3 Å². The van der Waals surface area contributed by atoms with Crippen molar-refractivity contribution in [1.29, 1.82) is 0 Å². The number of β-lactam (4-membered cyclic amide) rings is 1. The molecule has 1 aromatic rings. The molecule has 1 saturated heterocycles. The quantitative estimate of drug-likeness (QED) is 0.0766. The molecule has 14 nitrogen and oxygen atoms in total. The van der Waals surface area contributed by atoms with Crippen LogP contribution in [0.1, 0.15) is 5.69 Å². The van der Waals surface area contributed by atoms with Crippen molar-refractivity contribution in [3.8, 4) is 0 Å². The molecule has 2 rings (SSSR count). The van der Waals surface area contributed by atoms with Crippen molar-refractivity contribution in [2.24, 2.45) is 5.16 Å². The van der Waals surface area contributed by atoms with E-state index in [-0.39, 0.29) is 10.8 Å². The average molecular weight is 508 g/mol. The number of nitrogens with one attached hydrogen (secondary N) is 1. The molecular formula is C12H21B6N5O9S2. The van der Waals surface area contributed by atoms with E-state index >= 15 is 0 Å². The largest absolute Gasteiger partial charge is 0.479 e. The van der Waals surface area contributed by atoms with Gasteiger partial charge in [0.25, 0.3) is 11.8 Å². The van der Waals surface area contributed by atoms with Gasteiger partial charge in [-0.05, 0) is 0 Å². The highest BCUT2D eigenvalue weighted by molar-refractivity contribution is 7.80. The van der Waals surface area contributed by atoms with E-state index in [1.807, 2.05) is 0 Å². The maximum atomic E-state index is 13.2. The first-order valence-corrected chi connectivity index (χ1v) is 12.0. The Bertz CT molecular complexity index is 1120. The van der Waals surface area contributed by atoms with Crippen molar-refractivity contribution in [2.75, 3.05) is 12.3 Å². The Morgan fingerprint density at radius 3 is 2.26 bits per heavy atom. The van der Waals surface area contributed by atoms with Gasteiger partial charge in [-0.15, -0.1) is 15.6 Å². The lowest BCUT2D eigenvalue weighted by atomic mass is 9.19. The number of nitrogen functional groups attached to an aromatic ring is 1. The van der Waals surface area contributed by atoms with E-state index in [1.54, 1.807) is 47.1 Å². The van der Waals surface area contributed by atoms with Gasteiger partial charge in [0.2, 0.25) is 6.61 Å². The molecule has 0 bridgehead atoms. The second-order valence-electron chi connectivity index (χ2n) is 9.49. The Morgan fingerprint density at radius 2 is 1.85 bits per heavy atom. The van der Waals surface area contributed by atoms with Crippen LogP contribution < -0.4 is 11.1 Å². The van der Waals surface area contributed by atoms with Gasteiger partial charge in [-0.3, -0.25) is 14.1 Å². The van der Waals surface area contributed by atoms with Crippen LogP contribution >= 0.6 is 11.3 Å². The van der Waals surface area contributed by atoms with Gasteiger partial charge in [0.15, 0.2) is 10.8 Å². The summed E-state index contributed by atoms with van der Waals surface area (Å²) < 4.78 is 36.8. The van der Waals surface area contributed by atoms with Crippen molar-refractivity contribution in [3.05, 3.63) is 11.1 Å². The van der Waals surface area contributed by atoms with Crippen LogP contribution in [0.25, 0.3) is 0 Å². The van der Waals surface area contributed by atoms with Gasteiger partial charge >= 0.3 is 16.4 Å². The van der Waals surface area contributed by atoms with Crippen molar-refractivity contribution in [3.63, 3.8) is 0 Å². The normalized spacial score (nSPS) is 18.7. The third-order valence-corrected chi connectivity index (χ3v) is 6.25. The summed E-state index contributed by atoms with van der Waals surface area (Å²) in [7, 11) is 5.16. The van der Waals surface area contributed by atoms with E-state index in [1.165, 1.54) is 5.38 Å². The number of aliphatic carboxylic acids is 1. The van der Waals surface area contributed by atoms with Gasteiger partial charge in [-0.2, -0.15) is 13.5 Å².